The molecule has 5 rings (SSSR count). The molecule has 3 aromatic rings. The molecule has 1 spiro atoms. The second kappa shape index (κ2) is 6.93. The fourth-order valence-electron chi connectivity index (χ4n) is 4.42. The molecule has 2 aliphatic heterocycles. The highest BCUT2D eigenvalue weighted by Crippen LogP contribution is 2.34. The summed E-state index contributed by atoms with van der Waals surface area (Å²) in [4.78, 5) is 36.2. The number of nitrogens with zero attached hydrogens (tertiary/aromatic N) is 4. The van der Waals surface area contributed by atoms with Crippen molar-refractivity contribution in [3.8, 4) is 0 Å². The zero-order valence-electron chi connectivity index (χ0n) is 16.2. The van der Waals surface area contributed by atoms with Crippen molar-refractivity contribution in [1.29, 1.82) is 0 Å². The van der Waals surface area contributed by atoms with E-state index in [1.54, 1.807) is 17.4 Å². The molecule has 1 unspecified atom stereocenters. The fraction of sp³-hybridized carbons (Fsp3) is 0.318. The van der Waals surface area contributed by atoms with Crippen molar-refractivity contribution in [2.45, 2.75) is 12.0 Å². The molecule has 1 aromatic carbocycles. The lowest BCUT2D eigenvalue weighted by molar-refractivity contribution is -0.123. The zero-order valence-corrected chi connectivity index (χ0v) is 17.1. The first-order valence-electron chi connectivity index (χ1n) is 9.75. The molecule has 2 amide bonds. The van der Waals surface area contributed by atoms with Crippen LogP contribution in [-0.2, 0) is 4.79 Å². The van der Waals surface area contributed by atoms with Gasteiger partial charge in [-0.25, -0.2) is 4.98 Å². The Bertz CT molecular complexity index is 1080. The quantitative estimate of drug-likeness (QED) is 0.657. The number of anilines is 1. The highest BCUT2D eigenvalue weighted by atomic mass is 32.1. The zero-order chi connectivity index (χ0) is 20.0. The van der Waals surface area contributed by atoms with Gasteiger partial charge in [-0.05, 0) is 37.0 Å². The van der Waals surface area contributed by atoms with Crippen molar-refractivity contribution in [2.75, 3.05) is 38.1 Å². The number of likely N-dealkylation sites (N-methyl/N-ethyl adjacent to an activating group) is 1. The number of rotatable bonds is 2. The summed E-state index contributed by atoms with van der Waals surface area (Å²) in [5, 5.41) is 5.02. The number of amides is 2. The minimum absolute atomic E-state index is 0.0417. The normalized spacial score (nSPS) is 22.7. The Morgan fingerprint density at radius 3 is 2.83 bits per heavy atom. The Morgan fingerprint density at radius 1 is 1.14 bits per heavy atom. The first kappa shape index (κ1) is 18.3. The number of piperazine rings is 1. The smallest absolute Gasteiger partial charge is 0.272 e. The molecule has 148 valence electrons. The maximum atomic E-state index is 13.2. The van der Waals surface area contributed by atoms with Crippen LogP contribution in [0.5, 0.6) is 0 Å². The Hall–Kier alpha value is -2.77. The summed E-state index contributed by atoms with van der Waals surface area (Å²) in [6.45, 7) is 2.24. The van der Waals surface area contributed by atoms with Crippen LogP contribution in [0, 0.1) is 0 Å². The van der Waals surface area contributed by atoms with E-state index in [1.165, 1.54) is 0 Å². The summed E-state index contributed by atoms with van der Waals surface area (Å²) in [6.07, 6.45) is 0.844. The van der Waals surface area contributed by atoms with Crippen molar-refractivity contribution < 1.29 is 9.59 Å². The van der Waals surface area contributed by atoms with Crippen LogP contribution in [0.3, 0.4) is 0 Å². The van der Waals surface area contributed by atoms with Crippen LogP contribution in [0.1, 0.15) is 16.9 Å². The van der Waals surface area contributed by atoms with E-state index < -0.39 is 0 Å². The molecule has 29 heavy (non-hydrogen) atoms. The molecule has 0 bridgehead atoms. The van der Waals surface area contributed by atoms with Crippen molar-refractivity contribution in [1.82, 2.24) is 14.8 Å². The molecule has 0 N–H and O–H groups in total. The maximum absolute atomic E-state index is 13.2. The number of thiophene rings is 1. The Morgan fingerprint density at radius 2 is 2.00 bits per heavy atom. The van der Waals surface area contributed by atoms with Crippen molar-refractivity contribution in [3.05, 3.63) is 58.9 Å². The molecule has 0 saturated carbocycles. The van der Waals surface area contributed by atoms with E-state index in [2.05, 4.69) is 9.88 Å². The molecular weight excluding hydrogens is 384 g/mol. The van der Waals surface area contributed by atoms with Gasteiger partial charge in [0.25, 0.3) is 5.91 Å². The highest BCUT2D eigenvalue weighted by molar-refractivity contribution is 7.08. The van der Waals surface area contributed by atoms with Crippen molar-refractivity contribution >= 4 is 39.7 Å². The van der Waals surface area contributed by atoms with Crippen LogP contribution in [0.15, 0.2) is 53.2 Å². The lowest BCUT2D eigenvalue weighted by Gasteiger charge is -2.46. The van der Waals surface area contributed by atoms with Crippen molar-refractivity contribution in [3.63, 3.8) is 0 Å². The number of pyridine rings is 1. The van der Waals surface area contributed by atoms with Crippen LogP contribution >= 0.6 is 11.3 Å². The van der Waals surface area contributed by atoms with Crippen LogP contribution in [0.2, 0.25) is 0 Å². The number of aromatic nitrogens is 1. The summed E-state index contributed by atoms with van der Waals surface area (Å²) in [5.41, 5.74) is 2.04. The molecule has 0 aliphatic carbocycles. The van der Waals surface area contributed by atoms with Gasteiger partial charge >= 0.3 is 0 Å². The largest absolute Gasteiger partial charge is 0.335 e. The lowest BCUT2D eigenvalue weighted by Crippen LogP contribution is -2.64. The molecule has 6 nitrogen and oxygen atoms in total. The molecule has 4 heterocycles. The van der Waals surface area contributed by atoms with E-state index in [9.17, 15) is 9.59 Å². The van der Waals surface area contributed by atoms with E-state index >= 15 is 0 Å². The van der Waals surface area contributed by atoms with Gasteiger partial charge in [-0.15, -0.1) is 0 Å². The summed E-state index contributed by atoms with van der Waals surface area (Å²) in [6, 6.07) is 13.6. The van der Waals surface area contributed by atoms with Gasteiger partial charge in [0, 0.05) is 30.4 Å². The van der Waals surface area contributed by atoms with Crippen LogP contribution in [-0.4, -0.2) is 65.4 Å². The molecule has 2 fully saturated rings. The van der Waals surface area contributed by atoms with Crippen LogP contribution in [0.25, 0.3) is 10.9 Å². The monoisotopic (exact) mass is 406 g/mol. The number of para-hydroxylation sites is 1. The summed E-state index contributed by atoms with van der Waals surface area (Å²) in [7, 11) is 1.99. The molecule has 1 atom stereocenters. The molecule has 7 heteroatoms. The third-order valence-electron chi connectivity index (χ3n) is 6.19. The first-order chi connectivity index (χ1) is 14.1. The molecule has 2 aromatic heterocycles. The molecular formula is C22H22N4O2S. The SMILES string of the molecule is CN1CC(=O)N(c2ccsc2)CC12CCN(C(=O)c1ccc3ccccc3n1)C2. The number of hydrogen-bond acceptors (Lipinski definition) is 5. The second-order valence-electron chi connectivity index (χ2n) is 7.91. The minimum atomic E-state index is -0.220. The van der Waals surface area contributed by atoms with Gasteiger partial charge in [0.05, 0.1) is 23.3 Å². The van der Waals surface area contributed by atoms with E-state index in [0.29, 0.717) is 31.9 Å². The van der Waals surface area contributed by atoms with Crippen molar-refractivity contribution in [2.24, 2.45) is 0 Å². The standard InChI is InChI=1S/C22H22N4O2S/c1-24-12-20(27)26(17-8-11-29-13-17)15-22(24)9-10-25(14-22)21(28)19-7-6-16-4-2-3-5-18(16)23-19/h2-8,11,13H,9-10,12,14-15H2,1H3. The molecule has 0 radical (unpaired) electrons. The van der Waals surface area contributed by atoms with Gasteiger partial charge in [0.1, 0.15) is 5.69 Å². The number of carbonyl (C=O) groups excluding carboxylic acids is 2. The highest BCUT2D eigenvalue weighted by Gasteiger charge is 2.48. The lowest BCUT2D eigenvalue weighted by atomic mass is 9.93. The number of hydrogen-bond donors (Lipinski definition) is 0. The second-order valence-corrected chi connectivity index (χ2v) is 8.69. The van der Waals surface area contributed by atoms with E-state index in [-0.39, 0.29) is 17.4 Å². The summed E-state index contributed by atoms with van der Waals surface area (Å²) < 4.78 is 0. The predicted molar refractivity (Wildman–Crippen MR) is 114 cm³/mol. The third-order valence-corrected chi connectivity index (χ3v) is 6.86. The van der Waals surface area contributed by atoms with Crippen LogP contribution < -0.4 is 4.90 Å². The van der Waals surface area contributed by atoms with E-state index in [1.807, 2.05) is 64.0 Å². The van der Waals surface area contributed by atoms with E-state index in [0.717, 1.165) is 23.0 Å². The van der Waals surface area contributed by atoms with Gasteiger partial charge in [-0.1, -0.05) is 24.3 Å². The predicted octanol–water partition coefficient (Wildman–Crippen LogP) is 2.86. The average molecular weight is 407 g/mol. The fourth-order valence-corrected chi connectivity index (χ4v) is 5.06. The average Bonchev–Trinajstić information content (AvgIpc) is 3.41. The molecule has 2 aliphatic rings. The van der Waals surface area contributed by atoms with Crippen LogP contribution in [0.4, 0.5) is 5.69 Å². The van der Waals surface area contributed by atoms with E-state index in [4.69, 9.17) is 0 Å². The molecule has 2 saturated heterocycles. The number of likely N-dealkylation sites (tertiary alicyclic amines) is 1. The number of fused-ring (bicyclic) bond motifs is 1. The minimum Gasteiger partial charge on any atom is -0.335 e. The van der Waals surface area contributed by atoms with Gasteiger partial charge in [0.2, 0.25) is 5.91 Å². The number of benzene rings is 1. The number of carbonyl (C=O) groups is 2. The topological polar surface area (TPSA) is 56.8 Å². The Balaban J connectivity index is 1.39. The first-order valence-corrected chi connectivity index (χ1v) is 10.7. The maximum Gasteiger partial charge on any atom is 0.272 e. The summed E-state index contributed by atoms with van der Waals surface area (Å²) in [5.74, 6) is 0.0671. The van der Waals surface area contributed by atoms with Gasteiger partial charge < -0.3 is 9.80 Å². The van der Waals surface area contributed by atoms with Gasteiger partial charge in [-0.3, -0.25) is 14.5 Å². The Labute approximate surface area is 173 Å². The van der Waals surface area contributed by atoms with Gasteiger partial charge in [-0.2, -0.15) is 11.3 Å². The Kier molecular flexibility index (Phi) is 4.37. The van der Waals surface area contributed by atoms with Gasteiger partial charge in [0.15, 0.2) is 0 Å². The third kappa shape index (κ3) is 3.10. The summed E-state index contributed by atoms with van der Waals surface area (Å²) >= 11 is 1.59.